The molecular formula is C19H20O3Se. The molecule has 0 spiro atoms. The van der Waals surface area contributed by atoms with Crippen molar-refractivity contribution in [1.29, 1.82) is 0 Å². The van der Waals surface area contributed by atoms with E-state index < -0.39 is 0 Å². The van der Waals surface area contributed by atoms with Crippen LogP contribution >= 0.6 is 0 Å². The molecule has 3 nitrogen and oxygen atoms in total. The van der Waals surface area contributed by atoms with E-state index in [1.54, 1.807) is 0 Å². The van der Waals surface area contributed by atoms with Gasteiger partial charge in [0.2, 0.25) is 0 Å². The van der Waals surface area contributed by atoms with Crippen LogP contribution in [0.2, 0.25) is 5.32 Å². The SMILES string of the molecule is COC(=O)[C@H]1CO[C@@](C[Se]c2ccccc2)(c2ccccc2)C1. The van der Waals surface area contributed by atoms with Crippen molar-refractivity contribution in [3.8, 4) is 0 Å². The fourth-order valence-electron chi connectivity index (χ4n) is 2.94. The molecule has 0 N–H and O–H groups in total. The molecule has 1 saturated heterocycles. The van der Waals surface area contributed by atoms with Crippen LogP contribution in [0.15, 0.2) is 60.7 Å². The summed E-state index contributed by atoms with van der Waals surface area (Å²) in [6.45, 7) is 0.437. The second-order valence-corrected chi connectivity index (χ2v) is 7.90. The normalized spacial score (nSPS) is 23.6. The molecule has 1 fully saturated rings. The van der Waals surface area contributed by atoms with Gasteiger partial charge < -0.3 is 0 Å². The monoisotopic (exact) mass is 376 g/mol. The second-order valence-electron chi connectivity index (χ2n) is 5.70. The van der Waals surface area contributed by atoms with E-state index in [0.717, 1.165) is 10.9 Å². The van der Waals surface area contributed by atoms with Crippen molar-refractivity contribution in [3.05, 3.63) is 66.2 Å². The summed E-state index contributed by atoms with van der Waals surface area (Å²) in [6, 6.07) is 20.7. The quantitative estimate of drug-likeness (QED) is 0.595. The topological polar surface area (TPSA) is 35.5 Å². The Hall–Kier alpha value is -1.61. The summed E-state index contributed by atoms with van der Waals surface area (Å²) in [6.07, 6.45) is 0.693. The molecule has 0 saturated carbocycles. The summed E-state index contributed by atoms with van der Waals surface area (Å²) in [4.78, 5) is 11.9. The van der Waals surface area contributed by atoms with Gasteiger partial charge in [-0.15, -0.1) is 0 Å². The van der Waals surface area contributed by atoms with Gasteiger partial charge in [-0.05, 0) is 0 Å². The van der Waals surface area contributed by atoms with Crippen LogP contribution < -0.4 is 4.46 Å². The zero-order chi connectivity index (χ0) is 16.1. The number of hydrogen-bond acceptors (Lipinski definition) is 3. The molecule has 2 aromatic carbocycles. The first-order valence-electron chi connectivity index (χ1n) is 7.69. The summed E-state index contributed by atoms with van der Waals surface area (Å²) >= 11 is 0.294. The van der Waals surface area contributed by atoms with Crippen LogP contribution in [-0.4, -0.2) is 34.6 Å². The van der Waals surface area contributed by atoms with Gasteiger partial charge in [-0.3, -0.25) is 0 Å². The Morgan fingerprint density at radius 3 is 2.48 bits per heavy atom. The van der Waals surface area contributed by atoms with Crippen molar-refractivity contribution in [2.24, 2.45) is 5.92 Å². The van der Waals surface area contributed by atoms with Crippen molar-refractivity contribution in [2.75, 3.05) is 13.7 Å². The van der Waals surface area contributed by atoms with E-state index >= 15 is 0 Å². The van der Waals surface area contributed by atoms with Crippen molar-refractivity contribution in [3.63, 3.8) is 0 Å². The Kier molecular flexibility index (Phi) is 5.16. The van der Waals surface area contributed by atoms with Gasteiger partial charge in [0.05, 0.1) is 0 Å². The van der Waals surface area contributed by atoms with E-state index in [2.05, 4.69) is 36.4 Å². The molecule has 1 heterocycles. The van der Waals surface area contributed by atoms with Crippen LogP contribution in [0.4, 0.5) is 0 Å². The van der Waals surface area contributed by atoms with Crippen molar-refractivity contribution in [1.82, 2.24) is 0 Å². The van der Waals surface area contributed by atoms with Gasteiger partial charge in [0.15, 0.2) is 0 Å². The molecule has 4 heteroatoms. The van der Waals surface area contributed by atoms with Gasteiger partial charge >= 0.3 is 143 Å². The molecule has 1 aliphatic rings. The molecule has 0 aliphatic carbocycles. The fourth-order valence-corrected chi connectivity index (χ4v) is 5.28. The van der Waals surface area contributed by atoms with Gasteiger partial charge in [0.1, 0.15) is 0 Å². The van der Waals surface area contributed by atoms with Gasteiger partial charge in [0.25, 0.3) is 0 Å². The van der Waals surface area contributed by atoms with Crippen LogP contribution in [-0.2, 0) is 19.9 Å². The zero-order valence-corrected chi connectivity index (χ0v) is 14.8. The van der Waals surface area contributed by atoms with Gasteiger partial charge in [-0.2, -0.15) is 0 Å². The molecule has 0 bridgehead atoms. The van der Waals surface area contributed by atoms with Crippen LogP contribution in [0.25, 0.3) is 0 Å². The van der Waals surface area contributed by atoms with Gasteiger partial charge in [-0.25, -0.2) is 0 Å². The van der Waals surface area contributed by atoms with Gasteiger partial charge in [-0.1, -0.05) is 0 Å². The first-order chi connectivity index (χ1) is 11.2. The number of ether oxygens (including phenoxy) is 2. The Balaban J connectivity index is 1.82. The summed E-state index contributed by atoms with van der Waals surface area (Å²) in [5, 5.41) is 0.918. The first kappa shape index (κ1) is 16.3. The third-order valence-electron chi connectivity index (χ3n) is 4.19. The Morgan fingerprint density at radius 1 is 1.17 bits per heavy atom. The van der Waals surface area contributed by atoms with E-state index in [0.29, 0.717) is 28.0 Å². The molecule has 1 aliphatic heterocycles. The van der Waals surface area contributed by atoms with Crippen LogP contribution in [0.1, 0.15) is 12.0 Å². The van der Waals surface area contributed by atoms with E-state index in [1.807, 2.05) is 24.3 Å². The predicted molar refractivity (Wildman–Crippen MR) is 90.8 cm³/mol. The molecule has 0 aromatic heterocycles. The Labute approximate surface area is 143 Å². The summed E-state index contributed by atoms with van der Waals surface area (Å²) in [5.41, 5.74) is 0.778. The Bertz CT molecular complexity index is 644. The summed E-state index contributed by atoms with van der Waals surface area (Å²) in [7, 11) is 1.44. The molecule has 23 heavy (non-hydrogen) atoms. The number of benzene rings is 2. The minimum absolute atomic E-state index is 0.171. The molecule has 0 radical (unpaired) electrons. The number of hydrogen-bond donors (Lipinski definition) is 0. The number of methoxy groups -OCH3 is 1. The van der Waals surface area contributed by atoms with Crippen molar-refractivity contribution in [2.45, 2.75) is 17.3 Å². The molecular weight excluding hydrogens is 355 g/mol. The summed E-state index contributed by atoms with van der Waals surface area (Å²) in [5.74, 6) is -0.346. The first-order valence-corrected chi connectivity index (χ1v) is 9.75. The second kappa shape index (κ2) is 7.31. The standard InChI is InChI=1S/C19H20O3Se/c1-21-18(20)15-12-19(22-13-15,16-8-4-2-5-9-16)14-23-17-10-6-3-7-11-17/h2-11,15H,12-14H2,1H3/t15-,19+/m1/s1. The molecule has 2 atom stereocenters. The van der Waals surface area contributed by atoms with E-state index in [9.17, 15) is 4.79 Å². The Morgan fingerprint density at radius 2 is 1.83 bits per heavy atom. The molecule has 0 unspecified atom stereocenters. The number of rotatable bonds is 5. The maximum atomic E-state index is 11.9. The third kappa shape index (κ3) is 3.66. The van der Waals surface area contributed by atoms with Crippen molar-refractivity contribution >= 4 is 25.4 Å². The number of carbonyl (C=O) groups is 1. The molecule has 2 aromatic rings. The van der Waals surface area contributed by atoms with E-state index in [-0.39, 0.29) is 17.5 Å². The average Bonchev–Trinajstić information content (AvgIpc) is 3.07. The minimum atomic E-state index is -0.379. The molecule has 120 valence electrons. The molecule has 0 amide bonds. The maximum absolute atomic E-state index is 11.9. The van der Waals surface area contributed by atoms with Crippen LogP contribution in [0.5, 0.6) is 0 Å². The van der Waals surface area contributed by atoms with Crippen LogP contribution in [0.3, 0.4) is 0 Å². The number of esters is 1. The van der Waals surface area contributed by atoms with Gasteiger partial charge in [0, 0.05) is 0 Å². The van der Waals surface area contributed by atoms with Crippen molar-refractivity contribution < 1.29 is 14.3 Å². The fraction of sp³-hybridized carbons (Fsp3) is 0.316. The third-order valence-corrected chi connectivity index (χ3v) is 6.74. The number of carbonyl (C=O) groups excluding carboxylic acids is 1. The zero-order valence-electron chi connectivity index (χ0n) is 13.1. The van der Waals surface area contributed by atoms with Crippen LogP contribution in [0, 0.1) is 5.92 Å². The van der Waals surface area contributed by atoms with E-state index in [1.165, 1.54) is 11.6 Å². The van der Waals surface area contributed by atoms with E-state index in [4.69, 9.17) is 9.47 Å². The summed E-state index contributed by atoms with van der Waals surface area (Å²) < 4.78 is 12.5. The predicted octanol–water partition coefficient (Wildman–Crippen LogP) is 2.54. The average molecular weight is 375 g/mol. The molecule has 3 rings (SSSR count).